The van der Waals surface area contributed by atoms with Gasteiger partial charge in [-0.05, 0) is 12.5 Å². The van der Waals surface area contributed by atoms with Crippen molar-refractivity contribution >= 4 is 11.6 Å². The molecule has 0 aliphatic rings. The number of aromatic nitrogens is 1. The van der Waals surface area contributed by atoms with Crippen molar-refractivity contribution in [2.24, 2.45) is 0 Å². The van der Waals surface area contributed by atoms with Crippen LogP contribution in [0.3, 0.4) is 0 Å². The van der Waals surface area contributed by atoms with Crippen molar-refractivity contribution in [1.29, 1.82) is 0 Å². The fourth-order valence-corrected chi connectivity index (χ4v) is 1.19. The van der Waals surface area contributed by atoms with Gasteiger partial charge in [-0.1, -0.05) is 6.92 Å². The summed E-state index contributed by atoms with van der Waals surface area (Å²) in [6.07, 6.45) is 2.69. The van der Waals surface area contributed by atoms with Crippen molar-refractivity contribution in [2.75, 3.05) is 18.4 Å². The van der Waals surface area contributed by atoms with E-state index in [1.165, 1.54) is 12.3 Å². The van der Waals surface area contributed by atoms with Gasteiger partial charge in [0.15, 0.2) is 0 Å². The molecule has 4 nitrogen and oxygen atoms in total. The summed E-state index contributed by atoms with van der Waals surface area (Å²) in [6, 6.07) is 2.96. The Morgan fingerprint density at radius 3 is 3.00 bits per heavy atom. The predicted molar refractivity (Wildman–Crippen MR) is 60.6 cm³/mol. The van der Waals surface area contributed by atoms with Gasteiger partial charge < -0.3 is 10.6 Å². The highest BCUT2D eigenvalue weighted by atomic mass is 19.1. The van der Waals surface area contributed by atoms with Crippen LogP contribution in [0.1, 0.15) is 19.8 Å². The zero-order chi connectivity index (χ0) is 11.8. The Hall–Kier alpha value is -1.65. The van der Waals surface area contributed by atoms with Crippen molar-refractivity contribution in [2.45, 2.75) is 19.8 Å². The maximum absolute atomic E-state index is 12.7. The van der Waals surface area contributed by atoms with E-state index in [4.69, 9.17) is 0 Å². The van der Waals surface area contributed by atoms with Gasteiger partial charge in [-0.25, -0.2) is 4.98 Å². The smallest absolute Gasteiger partial charge is 0.221 e. The summed E-state index contributed by atoms with van der Waals surface area (Å²) in [7, 11) is 0. The Balaban J connectivity index is 2.22. The molecule has 0 spiro atoms. The van der Waals surface area contributed by atoms with Gasteiger partial charge in [0.05, 0.1) is 0 Å². The van der Waals surface area contributed by atoms with Gasteiger partial charge in [-0.15, -0.1) is 0 Å². The molecule has 0 saturated carbocycles. The summed E-state index contributed by atoms with van der Waals surface area (Å²) < 4.78 is 12.7. The number of anilines is 1. The lowest BCUT2D eigenvalue weighted by Gasteiger charge is -2.06. The summed E-state index contributed by atoms with van der Waals surface area (Å²) in [5.74, 6) is -0.524. The number of hydrogen-bond donors (Lipinski definition) is 2. The molecule has 1 rings (SSSR count). The number of pyridine rings is 1. The van der Waals surface area contributed by atoms with E-state index in [0.29, 0.717) is 25.2 Å². The molecule has 1 amide bonds. The molecule has 1 heterocycles. The number of hydrogen-bond acceptors (Lipinski definition) is 3. The van der Waals surface area contributed by atoms with E-state index in [0.717, 1.165) is 6.42 Å². The third kappa shape index (κ3) is 4.72. The maximum Gasteiger partial charge on any atom is 0.221 e. The summed E-state index contributed by atoms with van der Waals surface area (Å²) in [4.78, 5) is 14.7. The summed E-state index contributed by atoms with van der Waals surface area (Å²) in [6.45, 7) is 3.18. The summed E-state index contributed by atoms with van der Waals surface area (Å²) in [5.41, 5.74) is 0.635. The monoisotopic (exact) mass is 225 g/mol. The average molecular weight is 225 g/mol. The molecule has 0 aliphatic carbocycles. The first kappa shape index (κ1) is 12.4. The molecule has 0 bridgehead atoms. The van der Waals surface area contributed by atoms with E-state index >= 15 is 0 Å². The van der Waals surface area contributed by atoms with Crippen LogP contribution in [0.4, 0.5) is 10.1 Å². The van der Waals surface area contributed by atoms with Gasteiger partial charge in [0.2, 0.25) is 11.9 Å². The Morgan fingerprint density at radius 2 is 2.31 bits per heavy atom. The molecule has 88 valence electrons. The van der Waals surface area contributed by atoms with Gasteiger partial charge in [-0.3, -0.25) is 4.79 Å². The Bertz CT molecular complexity index is 344. The van der Waals surface area contributed by atoms with Crippen LogP contribution in [0.5, 0.6) is 0 Å². The summed E-state index contributed by atoms with van der Waals surface area (Å²) >= 11 is 0. The molecule has 0 aromatic carbocycles. The molecule has 0 unspecified atom stereocenters. The molecule has 0 aliphatic heterocycles. The number of halogens is 1. The first-order chi connectivity index (χ1) is 7.72. The van der Waals surface area contributed by atoms with Crippen LogP contribution in [-0.2, 0) is 4.79 Å². The fourth-order valence-electron chi connectivity index (χ4n) is 1.19. The number of carbonyl (C=O) groups excluding carboxylic acids is 1. The van der Waals surface area contributed by atoms with Crippen molar-refractivity contribution in [3.63, 3.8) is 0 Å². The highest BCUT2D eigenvalue weighted by Gasteiger charge is 2.00. The molecule has 0 fully saturated rings. The van der Waals surface area contributed by atoms with E-state index < -0.39 is 5.95 Å². The van der Waals surface area contributed by atoms with Crippen molar-refractivity contribution < 1.29 is 9.18 Å². The molecule has 5 heteroatoms. The predicted octanol–water partition coefficient (Wildman–Crippen LogP) is 1.55. The van der Waals surface area contributed by atoms with E-state index in [2.05, 4.69) is 15.6 Å². The quantitative estimate of drug-likeness (QED) is 0.722. The Kier molecular flexibility index (Phi) is 5.25. The minimum absolute atomic E-state index is 0.00359. The molecule has 1 aromatic rings. The first-order valence-electron chi connectivity index (χ1n) is 5.34. The second-order valence-electron chi connectivity index (χ2n) is 3.39. The van der Waals surface area contributed by atoms with Gasteiger partial charge in [-0.2, -0.15) is 4.39 Å². The lowest BCUT2D eigenvalue weighted by atomic mass is 10.3. The molecule has 0 radical (unpaired) electrons. The molecule has 16 heavy (non-hydrogen) atoms. The number of nitrogens with one attached hydrogen (secondary N) is 2. The Labute approximate surface area is 94.3 Å². The average Bonchev–Trinajstić information content (AvgIpc) is 2.26. The molecule has 0 atom stereocenters. The minimum Gasteiger partial charge on any atom is -0.384 e. The highest BCUT2D eigenvalue weighted by Crippen LogP contribution is 2.06. The van der Waals surface area contributed by atoms with Crippen molar-refractivity contribution in [3.8, 4) is 0 Å². The minimum atomic E-state index is -0.527. The Morgan fingerprint density at radius 1 is 1.50 bits per heavy atom. The second kappa shape index (κ2) is 6.76. The van der Waals surface area contributed by atoms with Crippen LogP contribution < -0.4 is 10.6 Å². The maximum atomic E-state index is 12.7. The lowest BCUT2D eigenvalue weighted by Crippen LogP contribution is -2.25. The van der Waals surface area contributed by atoms with Gasteiger partial charge in [0, 0.05) is 37.5 Å². The normalized spacial score (nSPS) is 9.88. The standard InChI is InChI=1S/C11H16FN3O/c1-2-5-15-11(16)4-7-13-9-3-6-14-10(12)8-9/h3,6,8H,2,4-5,7H2,1H3,(H,13,14)(H,15,16). The lowest BCUT2D eigenvalue weighted by molar-refractivity contribution is -0.120. The van der Waals surface area contributed by atoms with E-state index in [1.54, 1.807) is 6.07 Å². The molecular weight excluding hydrogens is 209 g/mol. The third-order valence-corrected chi connectivity index (χ3v) is 1.98. The van der Waals surface area contributed by atoms with E-state index in [9.17, 15) is 9.18 Å². The highest BCUT2D eigenvalue weighted by molar-refractivity contribution is 5.76. The first-order valence-corrected chi connectivity index (χ1v) is 5.34. The summed E-state index contributed by atoms with van der Waals surface area (Å²) in [5, 5.41) is 5.72. The third-order valence-electron chi connectivity index (χ3n) is 1.98. The van der Waals surface area contributed by atoms with Crippen molar-refractivity contribution in [3.05, 3.63) is 24.3 Å². The van der Waals surface area contributed by atoms with E-state index in [1.807, 2.05) is 6.92 Å². The largest absolute Gasteiger partial charge is 0.384 e. The van der Waals surface area contributed by atoms with Gasteiger partial charge in [0.1, 0.15) is 0 Å². The van der Waals surface area contributed by atoms with Crippen LogP contribution in [0.25, 0.3) is 0 Å². The van der Waals surface area contributed by atoms with Gasteiger partial charge >= 0.3 is 0 Å². The molecule has 0 saturated heterocycles. The van der Waals surface area contributed by atoms with Crippen LogP contribution in [0.2, 0.25) is 0 Å². The molecular formula is C11H16FN3O. The zero-order valence-electron chi connectivity index (χ0n) is 9.29. The topological polar surface area (TPSA) is 54.0 Å². The van der Waals surface area contributed by atoms with Crippen molar-refractivity contribution in [1.82, 2.24) is 10.3 Å². The number of amides is 1. The second-order valence-corrected chi connectivity index (χ2v) is 3.39. The molecule has 2 N–H and O–H groups in total. The SMILES string of the molecule is CCCNC(=O)CCNc1ccnc(F)c1. The van der Waals surface area contributed by atoms with Crippen LogP contribution in [0.15, 0.2) is 18.3 Å². The van der Waals surface area contributed by atoms with Gasteiger partial charge in [0.25, 0.3) is 0 Å². The number of rotatable bonds is 6. The number of nitrogens with zero attached hydrogens (tertiary/aromatic N) is 1. The fraction of sp³-hybridized carbons (Fsp3) is 0.455. The van der Waals surface area contributed by atoms with Crippen LogP contribution in [0, 0.1) is 5.95 Å². The molecule has 1 aromatic heterocycles. The van der Waals surface area contributed by atoms with Crippen LogP contribution in [-0.4, -0.2) is 24.0 Å². The van der Waals surface area contributed by atoms with Crippen LogP contribution >= 0.6 is 0 Å². The van der Waals surface area contributed by atoms with E-state index in [-0.39, 0.29) is 5.91 Å². The zero-order valence-corrected chi connectivity index (χ0v) is 9.29. The number of carbonyl (C=O) groups is 1.